The van der Waals surface area contributed by atoms with Crippen LogP contribution in [0.15, 0.2) is 89.8 Å². The molecule has 16 heteroatoms. The van der Waals surface area contributed by atoms with Gasteiger partial charge in [0, 0.05) is 119 Å². The molecule has 7 rings (SSSR count). The SMILES string of the molecule is CN(C)C1CCN(c2ccc(N)cc2)CC1.CN(C)C1CCN(c2ccc(NC=O)cc2)CC1.COc1cc(C)c(S(=O)(=O)N(C)CCC(=O)N(C)c2ccc(N3CCC(N(C)C)CC3)cc2)c(C)c1. The summed E-state index contributed by atoms with van der Waals surface area (Å²) in [4.78, 5) is 39.3. The highest BCUT2D eigenvalue weighted by Crippen LogP contribution is 2.30. The van der Waals surface area contributed by atoms with Gasteiger partial charge in [0.05, 0.1) is 12.0 Å². The van der Waals surface area contributed by atoms with Gasteiger partial charge in [-0.15, -0.1) is 0 Å². The van der Waals surface area contributed by atoms with Crippen LogP contribution >= 0.6 is 0 Å². The van der Waals surface area contributed by atoms with Gasteiger partial charge in [-0.1, -0.05) is 0 Å². The van der Waals surface area contributed by atoms with E-state index in [4.69, 9.17) is 10.5 Å². The summed E-state index contributed by atoms with van der Waals surface area (Å²) >= 11 is 0. The highest BCUT2D eigenvalue weighted by molar-refractivity contribution is 7.89. The molecule has 0 bridgehead atoms. The fourth-order valence-electron chi connectivity index (χ4n) is 9.61. The van der Waals surface area contributed by atoms with Gasteiger partial charge in [0.25, 0.3) is 0 Å². The molecule has 3 aliphatic heterocycles. The van der Waals surface area contributed by atoms with Crippen LogP contribution in [-0.4, -0.2) is 167 Å². The summed E-state index contributed by atoms with van der Waals surface area (Å²) in [5, 5.41) is 2.65. The minimum atomic E-state index is -3.74. The van der Waals surface area contributed by atoms with E-state index in [1.807, 2.05) is 36.4 Å². The quantitative estimate of drug-likeness (QED) is 0.0928. The molecule has 0 atom stereocenters. The molecule has 0 radical (unpaired) electrons. The summed E-state index contributed by atoms with van der Waals surface area (Å²) in [7, 11) is 14.0. The van der Waals surface area contributed by atoms with Gasteiger partial charge in [-0.25, -0.2) is 12.7 Å². The summed E-state index contributed by atoms with van der Waals surface area (Å²) in [5.41, 5.74) is 13.1. The smallest absolute Gasteiger partial charge is 0.243 e. The van der Waals surface area contributed by atoms with E-state index in [-0.39, 0.29) is 23.8 Å². The van der Waals surface area contributed by atoms with Gasteiger partial charge in [0.2, 0.25) is 22.3 Å². The Hall–Kier alpha value is -5.39. The number of nitrogens with two attached hydrogens (primary N) is 1. The van der Waals surface area contributed by atoms with Crippen molar-refractivity contribution < 1.29 is 22.7 Å². The summed E-state index contributed by atoms with van der Waals surface area (Å²) < 4.78 is 32.9. The van der Waals surface area contributed by atoms with Gasteiger partial charge in [-0.3, -0.25) is 9.59 Å². The molecule has 0 aromatic heterocycles. The first-order valence-electron chi connectivity index (χ1n) is 24.7. The number of hydrogen-bond donors (Lipinski definition) is 2. The summed E-state index contributed by atoms with van der Waals surface area (Å²) in [6.07, 6.45) is 7.98. The van der Waals surface area contributed by atoms with Gasteiger partial charge in [0.15, 0.2) is 0 Å². The van der Waals surface area contributed by atoms with E-state index in [2.05, 4.69) is 113 Å². The Bertz CT molecular complexity index is 2320. The normalized spacial score (nSPS) is 16.2. The first-order chi connectivity index (χ1) is 33.3. The average Bonchev–Trinajstić information content (AvgIpc) is 3.36. The number of amides is 2. The number of methoxy groups -OCH3 is 1. The lowest BCUT2D eigenvalue weighted by Gasteiger charge is -2.36. The zero-order valence-electron chi connectivity index (χ0n) is 43.9. The van der Waals surface area contributed by atoms with Crippen molar-refractivity contribution in [2.24, 2.45) is 0 Å². The predicted octanol–water partition coefficient (Wildman–Crippen LogP) is 7.10. The second kappa shape index (κ2) is 26.2. The lowest BCUT2D eigenvalue weighted by atomic mass is 10.0. The number of anilines is 6. The zero-order valence-corrected chi connectivity index (χ0v) is 44.7. The van der Waals surface area contributed by atoms with E-state index in [1.165, 1.54) is 48.4 Å². The first kappa shape index (κ1) is 55.5. The number of piperidine rings is 3. The molecule has 3 fully saturated rings. The van der Waals surface area contributed by atoms with Crippen LogP contribution in [0.3, 0.4) is 0 Å². The lowest BCUT2D eigenvalue weighted by molar-refractivity contribution is -0.118. The van der Waals surface area contributed by atoms with Crippen molar-refractivity contribution in [2.75, 3.05) is 140 Å². The number of sulfonamides is 1. The number of nitrogens with one attached hydrogen (secondary N) is 1. The maximum absolute atomic E-state index is 13.2. The number of carbonyl (C=O) groups excluding carboxylic acids is 2. The minimum Gasteiger partial charge on any atom is -0.497 e. The second-order valence-electron chi connectivity index (χ2n) is 19.6. The van der Waals surface area contributed by atoms with E-state index >= 15 is 0 Å². The van der Waals surface area contributed by atoms with Gasteiger partial charge >= 0.3 is 0 Å². The third-order valence-electron chi connectivity index (χ3n) is 14.3. The largest absolute Gasteiger partial charge is 0.497 e. The van der Waals surface area contributed by atoms with Crippen molar-refractivity contribution in [3.63, 3.8) is 0 Å². The molecule has 4 aromatic carbocycles. The summed E-state index contributed by atoms with van der Waals surface area (Å²) in [6, 6.07) is 29.7. The highest BCUT2D eigenvalue weighted by atomic mass is 32.2. The number of aryl methyl sites for hydroxylation is 2. The molecule has 4 aromatic rings. The van der Waals surface area contributed by atoms with Gasteiger partial charge in [0.1, 0.15) is 5.75 Å². The van der Waals surface area contributed by atoms with Crippen molar-refractivity contribution in [1.29, 1.82) is 0 Å². The van der Waals surface area contributed by atoms with E-state index in [0.717, 1.165) is 80.9 Å². The molecule has 3 saturated heterocycles. The highest BCUT2D eigenvalue weighted by Gasteiger charge is 2.27. The van der Waals surface area contributed by atoms with Crippen LogP contribution in [0, 0.1) is 13.8 Å². The Morgan fingerprint density at radius 2 is 1.01 bits per heavy atom. The molecule has 0 spiro atoms. The van der Waals surface area contributed by atoms with Gasteiger partial charge < -0.3 is 50.1 Å². The van der Waals surface area contributed by atoms with Crippen LogP contribution < -0.4 is 35.4 Å². The van der Waals surface area contributed by atoms with E-state index in [0.29, 0.717) is 35.4 Å². The molecule has 70 heavy (non-hydrogen) atoms. The summed E-state index contributed by atoms with van der Waals surface area (Å²) in [5.74, 6) is 0.479. The molecule has 0 aliphatic carbocycles. The number of hydrogen-bond acceptors (Lipinski definition) is 12. The lowest BCUT2D eigenvalue weighted by Crippen LogP contribution is -2.42. The molecule has 0 unspecified atom stereocenters. The molecule has 3 N–H and O–H groups in total. The molecular weight excluding hydrogens is 901 g/mol. The summed E-state index contributed by atoms with van der Waals surface area (Å²) in [6.45, 7) is 10.1. The Labute approximate surface area is 420 Å². The molecule has 0 saturated carbocycles. The van der Waals surface area contributed by atoms with Gasteiger partial charge in [-0.05, 0) is 191 Å². The maximum atomic E-state index is 13.2. The third-order valence-corrected chi connectivity index (χ3v) is 16.4. The second-order valence-corrected chi connectivity index (χ2v) is 21.6. The van der Waals surface area contributed by atoms with Gasteiger partial charge in [-0.2, -0.15) is 0 Å². The molecule has 384 valence electrons. The molecule has 2 amide bonds. The number of nitrogens with zero attached hydrogens (tertiary/aromatic N) is 8. The van der Waals surface area contributed by atoms with E-state index in [1.54, 1.807) is 45.0 Å². The van der Waals surface area contributed by atoms with Crippen LogP contribution in [0.4, 0.5) is 34.1 Å². The average molecular weight is 983 g/mol. The van der Waals surface area contributed by atoms with E-state index in [9.17, 15) is 18.0 Å². The third kappa shape index (κ3) is 15.3. The molecular formula is C54H82N10O5S. The number of benzene rings is 4. The minimum absolute atomic E-state index is 0.0836. The van der Waals surface area contributed by atoms with E-state index < -0.39 is 10.0 Å². The van der Waals surface area contributed by atoms with Crippen LogP contribution in [0.25, 0.3) is 0 Å². The fraction of sp³-hybridized carbons (Fsp3) is 0.519. The molecule has 15 nitrogen and oxygen atoms in total. The number of ether oxygens (including phenoxy) is 1. The first-order valence-corrected chi connectivity index (χ1v) is 26.1. The standard InChI is InChI=1S/C27H40N4O4S.C14H21N3O.C13H21N3/c1-20-18-25(35-7)19-21(2)27(20)36(33,34)29(5)15-14-26(32)30(6)23-8-10-24(11-9-23)31-16-12-22(13-17-31)28(3)4;1-16(2)13-7-9-17(10-8-13)14-5-3-12(4-6-14)15-11-18;1-15(2)12-7-9-16(10-8-12)13-5-3-11(14)4-6-13/h8-11,18-19,22H,12-17H2,1-7H3;3-6,11,13H,7-10H2,1-2H3,(H,15,18);3-6,12H,7-10,14H2,1-2H3. The monoisotopic (exact) mass is 983 g/mol. The number of nitrogen functional groups attached to an aromatic ring is 1. The fourth-order valence-corrected chi connectivity index (χ4v) is 11.2. The van der Waals surface area contributed by atoms with Crippen molar-refractivity contribution in [1.82, 2.24) is 19.0 Å². The Morgan fingerprint density at radius 1 is 0.643 bits per heavy atom. The molecule has 3 aliphatic rings. The topological polar surface area (TPSA) is 141 Å². The Balaban J connectivity index is 0.000000222. The zero-order chi connectivity index (χ0) is 51.1. The van der Waals surface area contributed by atoms with Crippen molar-refractivity contribution in [3.8, 4) is 5.75 Å². The predicted molar refractivity (Wildman–Crippen MR) is 291 cm³/mol. The molecule has 3 heterocycles. The van der Waals surface area contributed by atoms with Crippen molar-refractivity contribution in [2.45, 2.75) is 81.8 Å². The van der Waals surface area contributed by atoms with Crippen LogP contribution in [0.1, 0.15) is 56.1 Å². The number of rotatable bonds is 15. The van der Waals surface area contributed by atoms with Crippen LogP contribution in [-0.2, 0) is 19.6 Å². The Morgan fingerprint density at radius 3 is 1.37 bits per heavy atom. The van der Waals surface area contributed by atoms with Crippen molar-refractivity contribution in [3.05, 3.63) is 96.1 Å². The van der Waals surface area contributed by atoms with Crippen LogP contribution in [0.2, 0.25) is 0 Å². The maximum Gasteiger partial charge on any atom is 0.243 e. The Kier molecular flexibility index (Phi) is 20.8. The van der Waals surface area contributed by atoms with Crippen LogP contribution in [0.5, 0.6) is 5.75 Å². The van der Waals surface area contributed by atoms with Crippen molar-refractivity contribution >= 4 is 56.5 Å². The number of carbonyl (C=O) groups is 2.